The molecule has 0 bridgehead atoms. The van der Waals surface area contributed by atoms with Gasteiger partial charge in [0.1, 0.15) is 11.5 Å². The zero-order chi connectivity index (χ0) is 20.8. The first-order valence-electron chi connectivity index (χ1n) is 8.53. The van der Waals surface area contributed by atoms with Crippen LogP contribution in [0.1, 0.15) is 10.5 Å². The van der Waals surface area contributed by atoms with Crippen LogP contribution in [-0.4, -0.2) is 24.0 Å². The number of rotatable bonds is 5. The zero-order valence-electron chi connectivity index (χ0n) is 15.3. The summed E-state index contributed by atoms with van der Waals surface area (Å²) in [5.74, 6) is -0.834. The Balaban J connectivity index is 1.60. The van der Waals surface area contributed by atoms with Crippen molar-refractivity contribution in [3.05, 3.63) is 77.3 Å². The maximum Gasteiger partial charge on any atom is 0.323 e. The van der Waals surface area contributed by atoms with E-state index >= 15 is 0 Å². The summed E-state index contributed by atoms with van der Waals surface area (Å²) >= 11 is 5.70. The average molecular weight is 414 g/mol. The number of halogens is 2. The Kier molecular flexibility index (Phi) is 6.25. The summed E-state index contributed by atoms with van der Waals surface area (Å²) in [7, 11) is 1.54. The molecule has 3 amide bonds. The number of pyridine rings is 1. The number of amides is 3. The quantitative estimate of drug-likeness (QED) is 0.490. The van der Waals surface area contributed by atoms with Crippen molar-refractivity contribution in [2.24, 2.45) is 0 Å². The molecule has 0 unspecified atom stereocenters. The van der Waals surface area contributed by atoms with Gasteiger partial charge >= 0.3 is 6.03 Å². The van der Waals surface area contributed by atoms with E-state index in [4.69, 9.17) is 11.6 Å². The molecular weight excluding hydrogens is 397 g/mol. The minimum Gasteiger partial charge on any atom is -0.355 e. The van der Waals surface area contributed by atoms with Gasteiger partial charge in [-0.05, 0) is 54.6 Å². The van der Waals surface area contributed by atoms with E-state index in [1.807, 2.05) is 0 Å². The van der Waals surface area contributed by atoms with Gasteiger partial charge in [-0.1, -0.05) is 11.6 Å². The smallest absolute Gasteiger partial charge is 0.323 e. The third-order valence-corrected chi connectivity index (χ3v) is 4.12. The summed E-state index contributed by atoms with van der Waals surface area (Å²) < 4.78 is 13.2. The molecule has 1 aromatic heterocycles. The molecule has 9 heteroatoms. The maximum atomic E-state index is 13.2. The number of carbonyl (C=O) groups excluding carboxylic acids is 2. The molecular formula is C20H17ClFN5O2. The molecule has 0 aliphatic carbocycles. The van der Waals surface area contributed by atoms with Gasteiger partial charge in [0.2, 0.25) is 0 Å². The summed E-state index contributed by atoms with van der Waals surface area (Å²) in [5, 5.41) is 10.8. The minimum absolute atomic E-state index is 0.0751. The van der Waals surface area contributed by atoms with Crippen molar-refractivity contribution in [3.63, 3.8) is 0 Å². The molecule has 7 nitrogen and oxygen atoms in total. The highest BCUT2D eigenvalue weighted by Crippen LogP contribution is 2.21. The number of carbonyl (C=O) groups is 2. The van der Waals surface area contributed by atoms with E-state index in [0.29, 0.717) is 22.8 Å². The first-order chi connectivity index (χ1) is 13.9. The molecule has 0 aliphatic rings. The molecule has 0 fully saturated rings. The summed E-state index contributed by atoms with van der Waals surface area (Å²) in [4.78, 5) is 27.7. The van der Waals surface area contributed by atoms with E-state index < -0.39 is 11.8 Å². The Morgan fingerprint density at radius 3 is 2.24 bits per heavy atom. The SMILES string of the molecule is CNC(=O)c1cc(Nc2ccc(NC(=O)Nc3ccc(F)c(Cl)c3)cc2)ccn1. The molecule has 0 saturated carbocycles. The van der Waals surface area contributed by atoms with E-state index in [0.717, 1.165) is 5.69 Å². The topological polar surface area (TPSA) is 95.2 Å². The fourth-order valence-corrected chi connectivity index (χ4v) is 2.61. The van der Waals surface area contributed by atoms with Gasteiger partial charge in [-0.3, -0.25) is 9.78 Å². The van der Waals surface area contributed by atoms with E-state index in [1.165, 1.54) is 31.4 Å². The number of benzene rings is 2. The second kappa shape index (κ2) is 9.03. The molecule has 4 N–H and O–H groups in total. The number of urea groups is 1. The lowest BCUT2D eigenvalue weighted by Gasteiger charge is -2.10. The summed E-state index contributed by atoms with van der Waals surface area (Å²) in [5.41, 5.74) is 2.69. The molecule has 3 rings (SSSR count). The van der Waals surface area contributed by atoms with Crippen LogP contribution in [0.25, 0.3) is 0 Å². The highest BCUT2D eigenvalue weighted by molar-refractivity contribution is 6.31. The van der Waals surface area contributed by atoms with Crippen molar-refractivity contribution in [2.75, 3.05) is 23.0 Å². The first-order valence-corrected chi connectivity index (χ1v) is 8.90. The van der Waals surface area contributed by atoms with Crippen molar-refractivity contribution in [1.82, 2.24) is 10.3 Å². The normalized spacial score (nSPS) is 10.2. The molecule has 1 heterocycles. The van der Waals surface area contributed by atoms with Crippen LogP contribution < -0.4 is 21.3 Å². The number of hydrogen-bond donors (Lipinski definition) is 4. The Labute approximate surface area is 171 Å². The largest absolute Gasteiger partial charge is 0.355 e. The van der Waals surface area contributed by atoms with Crippen LogP contribution >= 0.6 is 11.6 Å². The van der Waals surface area contributed by atoms with Crippen LogP contribution in [0.4, 0.5) is 31.9 Å². The molecule has 3 aromatic rings. The average Bonchev–Trinajstić information content (AvgIpc) is 2.72. The molecule has 0 radical (unpaired) electrons. The van der Waals surface area contributed by atoms with Gasteiger partial charge in [0.25, 0.3) is 5.91 Å². The van der Waals surface area contributed by atoms with Crippen molar-refractivity contribution in [3.8, 4) is 0 Å². The minimum atomic E-state index is -0.558. The fourth-order valence-electron chi connectivity index (χ4n) is 2.43. The van der Waals surface area contributed by atoms with E-state index in [2.05, 4.69) is 26.3 Å². The van der Waals surface area contributed by atoms with E-state index in [9.17, 15) is 14.0 Å². The molecule has 148 valence electrons. The Morgan fingerprint density at radius 1 is 0.897 bits per heavy atom. The van der Waals surface area contributed by atoms with Gasteiger partial charge in [0.15, 0.2) is 0 Å². The van der Waals surface area contributed by atoms with Crippen LogP contribution in [0.3, 0.4) is 0 Å². The van der Waals surface area contributed by atoms with Gasteiger partial charge in [-0.2, -0.15) is 0 Å². The second-order valence-electron chi connectivity index (χ2n) is 5.92. The van der Waals surface area contributed by atoms with Crippen molar-refractivity contribution in [1.29, 1.82) is 0 Å². The van der Waals surface area contributed by atoms with Crippen LogP contribution in [0.2, 0.25) is 5.02 Å². The number of aromatic nitrogens is 1. The van der Waals surface area contributed by atoms with Crippen LogP contribution in [-0.2, 0) is 0 Å². The standard InChI is InChI=1S/C20H17ClFN5O2/c1-23-19(28)18-11-15(8-9-24-18)25-12-2-4-13(5-3-12)26-20(29)27-14-6-7-17(22)16(21)10-14/h2-11H,1H3,(H,23,28)(H,24,25)(H2,26,27,29). The van der Waals surface area contributed by atoms with Gasteiger partial charge in [0, 0.05) is 36.0 Å². The van der Waals surface area contributed by atoms with Gasteiger partial charge in [-0.15, -0.1) is 0 Å². The van der Waals surface area contributed by atoms with Crippen molar-refractivity contribution < 1.29 is 14.0 Å². The predicted molar refractivity (Wildman–Crippen MR) is 111 cm³/mol. The fraction of sp³-hybridized carbons (Fsp3) is 0.0500. The molecule has 0 atom stereocenters. The zero-order valence-corrected chi connectivity index (χ0v) is 16.0. The molecule has 0 aliphatic heterocycles. The molecule has 2 aromatic carbocycles. The maximum absolute atomic E-state index is 13.2. The Bertz CT molecular complexity index is 1040. The van der Waals surface area contributed by atoms with Crippen molar-refractivity contribution >= 4 is 46.3 Å². The lowest BCUT2D eigenvalue weighted by molar-refractivity contribution is 0.0958. The number of anilines is 4. The monoisotopic (exact) mass is 413 g/mol. The number of hydrogen-bond acceptors (Lipinski definition) is 4. The van der Waals surface area contributed by atoms with Crippen LogP contribution in [0, 0.1) is 5.82 Å². The Morgan fingerprint density at radius 2 is 1.55 bits per heavy atom. The second-order valence-corrected chi connectivity index (χ2v) is 6.33. The first kappa shape index (κ1) is 20.1. The van der Waals surface area contributed by atoms with Crippen molar-refractivity contribution in [2.45, 2.75) is 0 Å². The Hall–Kier alpha value is -3.65. The third-order valence-electron chi connectivity index (χ3n) is 3.83. The molecule has 29 heavy (non-hydrogen) atoms. The molecule has 0 spiro atoms. The highest BCUT2D eigenvalue weighted by atomic mass is 35.5. The summed E-state index contributed by atoms with van der Waals surface area (Å²) in [6, 6.07) is 13.7. The van der Waals surface area contributed by atoms with Gasteiger partial charge in [-0.25, -0.2) is 9.18 Å². The highest BCUT2D eigenvalue weighted by Gasteiger charge is 2.07. The van der Waals surface area contributed by atoms with Gasteiger partial charge in [0.05, 0.1) is 5.02 Å². The number of nitrogens with one attached hydrogen (secondary N) is 4. The number of nitrogens with zero attached hydrogens (tertiary/aromatic N) is 1. The lowest BCUT2D eigenvalue weighted by Crippen LogP contribution is -2.19. The summed E-state index contributed by atoms with van der Waals surface area (Å²) in [6.45, 7) is 0. The lowest BCUT2D eigenvalue weighted by atomic mass is 10.2. The third kappa shape index (κ3) is 5.43. The van der Waals surface area contributed by atoms with Crippen LogP contribution in [0.15, 0.2) is 60.8 Å². The van der Waals surface area contributed by atoms with Crippen LogP contribution in [0.5, 0.6) is 0 Å². The predicted octanol–water partition coefficient (Wildman–Crippen LogP) is 4.62. The van der Waals surface area contributed by atoms with E-state index in [-0.39, 0.29) is 10.9 Å². The summed E-state index contributed by atoms with van der Waals surface area (Å²) in [6.07, 6.45) is 1.54. The van der Waals surface area contributed by atoms with E-state index in [1.54, 1.807) is 36.4 Å². The van der Waals surface area contributed by atoms with Gasteiger partial charge < -0.3 is 21.3 Å². The molecule has 0 saturated heterocycles.